The Balaban J connectivity index is 3.13. The van der Waals surface area contributed by atoms with E-state index in [9.17, 15) is 8.42 Å². The first-order chi connectivity index (χ1) is 8.58. The molecule has 0 unspecified atom stereocenters. The minimum atomic E-state index is -3.56. The summed E-state index contributed by atoms with van der Waals surface area (Å²) in [6, 6.07) is 4.37. The fraction of sp³-hybridized carbons (Fsp3) is 0.364. The van der Waals surface area contributed by atoms with E-state index in [0.717, 1.165) is 0 Å². The Hall–Kier alpha value is -1.47. The van der Waals surface area contributed by atoms with Crippen molar-refractivity contribution in [2.24, 2.45) is 10.9 Å². The van der Waals surface area contributed by atoms with Crippen molar-refractivity contribution >= 4 is 33.1 Å². The molecule has 19 heavy (non-hydrogen) atoms. The molecule has 6 nitrogen and oxygen atoms in total. The maximum Gasteiger partial charge on any atom is 0.237 e. The number of nitrogens with zero attached hydrogens (tertiary/aromatic N) is 1. The first-order valence-corrected chi connectivity index (χ1v) is 7.24. The van der Waals surface area contributed by atoms with Gasteiger partial charge < -0.3 is 10.9 Å². The lowest BCUT2D eigenvalue weighted by atomic mass is 10.2. The van der Waals surface area contributed by atoms with Gasteiger partial charge in [0.1, 0.15) is 0 Å². The number of hydrogen-bond donors (Lipinski definition) is 3. The van der Waals surface area contributed by atoms with Crippen LogP contribution in [0.1, 0.15) is 26.3 Å². The largest absolute Gasteiger partial charge is 0.409 e. The van der Waals surface area contributed by atoms with E-state index in [0.29, 0.717) is 5.56 Å². The molecule has 0 heterocycles. The number of sulfonamides is 1. The van der Waals surface area contributed by atoms with Crippen LogP contribution in [-0.4, -0.2) is 24.2 Å². The van der Waals surface area contributed by atoms with Crippen LogP contribution in [0.15, 0.2) is 23.4 Å². The second-order valence-electron chi connectivity index (χ2n) is 4.90. The standard InChI is InChI=1S/C11H16ClN3O3S/c1-11(2,3)19(17,18)15-9-5-4-7(6-8(9)12)10(13)14-16/h4-6,15-16H,1-3H3,(H2,13,14). The molecule has 0 saturated carbocycles. The van der Waals surface area contributed by atoms with Crippen LogP contribution in [0.3, 0.4) is 0 Å². The fourth-order valence-electron chi connectivity index (χ4n) is 1.11. The Morgan fingerprint density at radius 1 is 1.42 bits per heavy atom. The number of nitrogens with two attached hydrogens (primary N) is 1. The minimum absolute atomic E-state index is 0.105. The summed E-state index contributed by atoms with van der Waals surface area (Å²) in [7, 11) is -3.56. The number of halogens is 1. The highest BCUT2D eigenvalue weighted by Crippen LogP contribution is 2.27. The van der Waals surface area contributed by atoms with Gasteiger partial charge in [-0.3, -0.25) is 4.72 Å². The first-order valence-electron chi connectivity index (χ1n) is 5.38. The fourth-order valence-corrected chi connectivity index (χ4v) is 2.17. The van der Waals surface area contributed by atoms with Crippen LogP contribution in [0.4, 0.5) is 5.69 Å². The Morgan fingerprint density at radius 2 is 2.00 bits per heavy atom. The van der Waals surface area contributed by atoms with E-state index >= 15 is 0 Å². The van der Waals surface area contributed by atoms with Gasteiger partial charge in [-0.1, -0.05) is 16.8 Å². The van der Waals surface area contributed by atoms with Crippen LogP contribution in [0, 0.1) is 0 Å². The van der Waals surface area contributed by atoms with Crippen LogP contribution in [-0.2, 0) is 10.0 Å². The van der Waals surface area contributed by atoms with Crippen LogP contribution >= 0.6 is 11.6 Å². The first kappa shape index (κ1) is 15.6. The second kappa shape index (κ2) is 5.26. The number of hydrogen-bond acceptors (Lipinski definition) is 4. The van der Waals surface area contributed by atoms with E-state index in [2.05, 4.69) is 9.88 Å². The van der Waals surface area contributed by atoms with Gasteiger partial charge >= 0.3 is 0 Å². The zero-order chi connectivity index (χ0) is 14.8. The Bertz CT molecular complexity index is 606. The lowest BCUT2D eigenvalue weighted by molar-refractivity contribution is 0.318. The molecule has 0 spiro atoms. The Kier molecular flexibility index (Phi) is 4.32. The summed E-state index contributed by atoms with van der Waals surface area (Å²) in [6.45, 7) is 4.73. The summed E-state index contributed by atoms with van der Waals surface area (Å²) in [4.78, 5) is 0. The van der Waals surface area contributed by atoms with Crippen molar-refractivity contribution in [2.45, 2.75) is 25.5 Å². The number of oxime groups is 1. The summed E-state index contributed by atoms with van der Waals surface area (Å²) in [5.74, 6) is -0.105. The molecule has 1 rings (SSSR count). The summed E-state index contributed by atoms with van der Waals surface area (Å²) in [6.07, 6.45) is 0. The molecule has 106 valence electrons. The van der Waals surface area contributed by atoms with Gasteiger partial charge in [0, 0.05) is 5.56 Å². The molecule has 0 aliphatic heterocycles. The maximum atomic E-state index is 12.0. The van der Waals surface area contributed by atoms with E-state index < -0.39 is 14.8 Å². The summed E-state index contributed by atoms with van der Waals surface area (Å²) in [5.41, 5.74) is 6.05. The molecule has 0 bridgehead atoms. The molecule has 0 aromatic heterocycles. The van der Waals surface area contributed by atoms with Gasteiger partial charge in [-0.25, -0.2) is 8.42 Å². The van der Waals surface area contributed by atoms with Crippen molar-refractivity contribution < 1.29 is 13.6 Å². The average Bonchev–Trinajstić information content (AvgIpc) is 2.29. The highest BCUT2D eigenvalue weighted by atomic mass is 35.5. The summed E-state index contributed by atoms with van der Waals surface area (Å²) in [5, 5.41) is 11.6. The van der Waals surface area contributed by atoms with Gasteiger partial charge in [0.25, 0.3) is 0 Å². The van der Waals surface area contributed by atoms with Crippen LogP contribution in [0.2, 0.25) is 5.02 Å². The third kappa shape index (κ3) is 3.51. The molecule has 0 aliphatic rings. The van der Waals surface area contributed by atoms with Crippen molar-refractivity contribution in [1.29, 1.82) is 0 Å². The van der Waals surface area contributed by atoms with Gasteiger partial charge in [-0.05, 0) is 39.0 Å². The molecule has 0 radical (unpaired) electrons. The topological polar surface area (TPSA) is 105 Å². The number of amidine groups is 1. The average molecular weight is 306 g/mol. The van der Waals surface area contributed by atoms with Crippen LogP contribution in [0.5, 0.6) is 0 Å². The van der Waals surface area contributed by atoms with Gasteiger partial charge in [0.05, 0.1) is 15.5 Å². The molecule has 8 heteroatoms. The smallest absolute Gasteiger partial charge is 0.237 e. The van der Waals surface area contributed by atoms with Gasteiger partial charge in [0.15, 0.2) is 5.84 Å². The SMILES string of the molecule is CC(C)(C)S(=O)(=O)Nc1ccc(/C(N)=N/O)cc1Cl. The van der Waals surface area contributed by atoms with Crippen LogP contribution < -0.4 is 10.5 Å². The zero-order valence-corrected chi connectivity index (χ0v) is 12.4. The van der Waals surface area contributed by atoms with E-state index in [1.54, 1.807) is 20.8 Å². The van der Waals surface area contributed by atoms with Gasteiger partial charge in [0.2, 0.25) is 10.0 Å². The highest BCUT2D eigenvalue weighted by Gasteiger charge is 2.29. The monoisotopic (exact) mass is 305 g/mol. The maximum absolute atomic E-state index is 12.0. The van der Waals surface area contributed by atoms with Crippen molar-refractivity contribution in [3.8, 4) is 0 Å². The molecule has 4 N–H and O–H groups in total. The van der Waals surface area contributed by atoms with E-state index in [-0.39, 0.29) is 16.5 Å². The van der Waals surface area contributed by atoms with Gasteiger partial charge in [-0.2, -0.15) is 0 Å². The predicted octanol–water partition coefficient (Wildman–Crippen LogP) is 1.97. The molecular weight excluding hydrogens is 290 g/mol. The molecule has 0 atom stereocenters. The lowest BCUT2D eigenvalue weighted by Gasteiger charge is -2.21. The highest BCUT2D eigenvalue weighted by molar-refractivity contribution is 7.94. The zero-order valence-electron chi connectivity index (χ0n) is 10.8. The molecule has 0 aliphatic carbocycles. The molecule has 0 saturated heterocycles. The normalized spacial score (nSPS) is 13.4. The number of rotatable bonds is 3. The third-order valence-electron chi connectivity index (χ3n) is 2.42. The van der Waals surface area contributed by atoms with Crippen molar-refractivity contribution in [3.05, 3.63) is 28.8 Å². The second-order valence-corrected chi connectivity index (χ2v) is 7.74. The van der Waals surface area contributed by atoms with Crippen molar-refractivity contribution in [3.63, 3.8) is 0 Å². The number of benzene rings is 1. The van der Waals surface area contributed by atoms with E-state index in [1.807, 2.05) is 0 Å². The van der Waals surface area contributed by atoms with Gasteiger partial charge in [-0.15, -0.1) is 0 Å². The minimum Gasteiger partial charge on any atom is -0.409 e. The van der Waals surface area contributed by atoms with Crippen LogP contribution in [0.25, 0.3) is 0 Å². The Labute approximate surface area is 117 Å². The molecule has 1 aromatic carbocycles. The third-order valence-corrected chi connectivity index (χ3v) is 4.84. The molecule has 1 aromatic rings. The quantitative estimate of drug-likeness (QED) is 0.343. The van der Waals surface area contributed by atoms with E-state index in [4.69, 9.17) is 22.5 Å². The lowest BCUT2D eigenvalue weighted by Crippen LogP contribution is -2.33. The number of anilines is 1. The molecule has 0 amide bonds. The van der Waals surface area contributed by atoms with Crippen molar-refractivity contribution in [2.75, 3.05) is 4.72 Å². The summed E-state index contributed by atoms with van der Waals surface area (Å²) >= 11 is 5.97. The summed E-state index contributed by atoms with van der Waals surface area (Å²) < 4.78 is 25.4. The molecular formula is C11H16ClN3O3S. The number of nitrogens with one attached hydrogen (secondary N) is 1. The Morgan fingerprint density at radius 3 is 2.42 bits per heavy atom. The van der Waals surface area contributed by atoms with E-state index in [1.165, 1.54) is 18.2 Å². The van der Waals surface area contributed by atoms with Crippen molar-refractivity contribution in [1.82, 2.24) is 0 Å². The molecule has 0 fully saturated rings. The predicted molar refractivity (Wildman–Crippen MR) is 76.3 cm³/mol.